The van der Waals surface area contributed by atoms with Crippen molar-refractivity contribution in [3.8, 4) is 17.5 Å². The lowest BCUT2D eigenvalue weighted by Crippen LogP contribution is -2.02. The van der Waals surface area contributed by atoms with Gasteiger partial charge in [0.2, 0.25) is 15.7 Å². The van der Waals surface area contributed by atoms with Gasteiger partial charge in [0.25, 0.3) is 5.09 Å². The third-order valence-electron chi connectivity index (χ3n) is 3.45. The average Bonchev–Trinajstić information content (AvgIpc) is 3.00. The van der Waals surface area contributed by atoms with Gasteiger partial charge >= 0.3 is 0 Å². The lowest BCUT2D eigenvalue weighted by Gasteiger charge is -2.02. The molecule has 1 aromatic heterocycles. The number of rotatable bonds is 3. The molecule has 0 saturated heterocycles. The van der Waals surface area contributed by atoms with Gasteiger partial charge in [-0.3, -0.25) is 0 Å². The number of hydrogen-bond acceptors (Lipinski definition) is 5. The second kappa shape index (κ2) is 6.23. The fourth-order valence-electron chi connectivity index (χ4n) is 2.21. The molecular formula is C17H11BrN2O3S. The molecule has 0 spiro atoms. The second-order valence-electron chi connectivity index (χ2n) is 5.04. The maximum atomic E-state index is 12.8. The fourth-order valence-corrected chi connectivity index (χ4v) is 3.72. The van der Waals surface area contributed by atoms with Gasteiger partial charge in [-0.15, -0.1) is 0 Å². The van der Waals surface area contributed by atoms with Crippen LogP contribution in [0.25, 0.3) is 11.5 Å². The van der Waals surface area contributed by atoms with Crippen molar-refractivity contribution >= 4 is 25.8 Å². The highest BCUT2D eigenvalue weighted by Gasteiger charge is 2.29. The summed E-state index contributed by atoms with van der Waals surface area (Å²) >= 11 is 3.26. The predicted octanol–water partition coefficient (Wildman–Crippen LogP) is 4.12. The Morgan fingerprint density at radius 2 is 1.79 bits per heavy atom. The number of nitrogens with zero attached hydrogens (tertiary/aromatic N) is 2. The molecule has 120 valence electrons. The van der Waals surface area contributed by atoms with E-state index in [0.717, 1.165) is 10.0 Å². The van der Waals surface area contributed by atoms with E-state index in [2.05, 4.69) is 20.9 Å². The lowest BCUT2D eigenvalue weighted by molar-refractivity contribution is 0.457. The largest absolute Gasteiger partial charge is 0.423 e. The molecule has 0 fully saturated rings. The lowest BCUT2D eigenvalue weighted by atomic mass is 10.1. The molecule has 0 unspecified atom stereocenters. The third kappa shape index (κ3) is 2.86. The highest BCUT2D eigenvalue weighted by Crippen LogP contribution is 2.30. The van der Waals surface area contributed by atoms with Crippen LogP contribution in [0.4, 0.5) is 0 Å². The van der Waals surface area contributed by atoms with Crippen LogP contribution in [0.1, 0.15) is 11.3 Å². The summed E-state index contributed by atoms with van der Waals surface area (Å²) in [6, 6.07) is 15.2. The fraction of sp³-hybridized carbons (Fsp3) is 0.0588. The summed E-state index contributed by atoms with van der Waals surface area (Å²) in [6.45, 7) is 1.86. The highest BCUT2D eigenvalue weighted by molar-refractivity contribution is 9.10. The maximum absolute atomic E-state index is 12.8. The molecule has 0 aliphatic rings. The number of nitriles is 1. The third-order valence-corrected chi connectivity index (χ3v) is 5.63. The van der Waals surface area contributed by atoms with Gasteiger partial charge in [-0.1, -0.05) is 34.1 Å². The Labute approximate surface area is 147 Å². The van der Waals surface area contributed by atoms with E-state index in [-0.39, 0.29) is 16.5 Å². The number of aromatic nitrogens is 1. The van der Waals surface area contributed by atoms with Crippen LogP contribution in [0.15, 0.2) is 67.4 Å². The minimum absolute atomic E-state index is 0.0367. The molecule has 0 atom stereocenters. The van der Waals surface area contributed by atoms with Crippen molar-refractivity contribution in [2.24, 2.45) is 0 Å². The topological polar surface area (TPSA) is 84.0 Å². The first kappa shape index (κ1) is 16.4. The molecule has 0 aliphatic carbocycles. The molecule has 3 rings (SSSR count). The van der Waals surface area contributed by atoms with E-state index in [1.165, 1.54) is 12.1 Å². The predicted molar refractivity (Wildman–Crippen MR) is 91.0 cm³/mol. The summed E-state index contributed by atoms with van der Waals surface area (Å²) in [6.07, 6.45) is 0. The van der Waals surface area contributed by atoms with Crippen molar-refractivity contribution in [3.63, 3.8) is 0 Å². The SMILES string of the molecule is Cc1ccccc1-c1nc(C#N)c(S(=O)(=O)c2ccc(Br)cc2)o1. The van der Waals surface area contributed by atoms with Crippen LogP contribution in [0, 0.1) is 18.3 Å². The first-order valence-corrected chi connectivity index (χ1v) is 9.18. The Balaban J connectivity index is 2.17. The van der Waals surface area contributed by atoms with Crippen LogP contribution in [-0.4, -0.2) is 13.4 Å². The average molecular weight is 403 g/mol. The molecule has 5 nitrogen and oxygen atoms in total. The van der Waals surface area contributed by atoms with Crippen LogP contribution >= 0.6 is 15.9 Å². The molecule has 0 bridgehead atoms. The van der Waals surface area contributed by atoms with Gasteiger partial charge in [0.1, 0.15) is 6.07 Å². The highest BCUT2D eigenvalue weighted by atomic mass is 79.9. The van der Waals surface area contributed by atoms with Crippen LogP contribution in [-0.2, 0) is 9.84 Å². The van der Waals surface area contributed by atoms with Crippen LogP contribution < -0.4 is 0 Å². The smallest absolute Gasteiger partial charge is 0.261 e. The number of hydrogen-bond donors (Lipinski definition) is 0. The van der Waals surface area contributed by atoms with E-state index < -0.39 is 14.9 Å². The first-order chi connectivity index (χ1) is 11.4. The molecule has 0 aliphatic heterocycles. The summed E-state index contributed by atoms with van der Waals surface area (Å²) in [5, 5.41) is 8.82. The molecule has 0 saturated carbocycles. The van der Waals surface area contributed by atoms with E-state index in [0.29, 0.717) is 5.56 Å². The monoisotopic (exact) mass is 402 g/mol. The summed E-state index contributed by atoms with van der Waals surface area (Å²) in [4.78, 5) is 4.09. The number of benzene rings is 2. The zero-order valence-electron chi connectivity index (χ0n) is 12.5. The van der Waals surface area contributed by atoms with Crippen molar-refractivity contribution in [1.29, 1.82) is 5.26 Å². The molecule has 2 aromatic carbocycles. The molecule has 3 aromatic rings. The van der Waals surface area contributed by atoms with Gasteiger partial charge in [-0.25, -0.2) is 8.42 Å². The van der Waals surface area contributed by atoms with Gasteiger partial charge in [0.15, 0.2) is 5.69 Å². The maximum Gasteiger partial charge on any atom is 0.261 e. The summed E-state index contributed by atoms with van der Waals surface area (Å²) < 4.78 is 31.7. The number of halogens is 1. The zero-order chi connectivity index (χ0) is 17.3. The van der Waals surface area contributed by atoms with E-state index in [9.17, 15) is 13.7 Å². The normalized spacial score (nSPS) is 11.2. The van der Waals surface area contributed by atoms with E-state index in [4.69, 9.17) is 4.42 Å². The molecule has 0 amide bonds. The molecule has 0 N–H and O–H groups in total. The molecule has 7 heteroatoms. The summed E-state index contributed by atoms with van der Waals surface area (Å²) in [5.74, 6) is 0.111. The second-order valence-corrected chi connectivity index (χ2v) is 7.80. The van der Waals surface area contributed by atoms with Gasteiger partial charge in [-0.05, 0) is 42.8 Å². The Morgan fingerprint density at radius 1 is 1.12 bits per heavy atom. The Bertz CT molecular complexity index is 1050. The summed E-state index contributed by atoms with van der Waals surface area (Å²) in [5.41, 5.74) is 1.26. The minimum Gasteiger partial charge on any atom is -0.423 e. The van der Waals surface area contributed by atoms with Crippen LogP contribution in [0.3, 0.4) is 0 Å². The van der Waals surface area contributed by atoms with Gasteiger partial charge in [-0.2, -0.15) is 10.2 Å². The van der Waals surface area contributed by atoms with Gasteiger partial charge < -0.3 is 4.42 Å². The Kier molecular flexibility index (Phi) is 4.26. The molecule has 24 heavy (non-hydrogen) atoms. The number of sulfone groups is 1. The molecular weight excluding hydrogens is 392 g/mol. The van der Waals surface area contributed by atoms with Crippen molar-refractivity contribution in [1.82, 2.24) is 4.98 Å². The van der Waals surface area contributed by atoms with Crippen LogP contribution in [0.2, 0.25) is 0 Å². The van der Waals surface area contributed by atoms with Crippen molar-refractivity contribution in [2.45, 2.75) is 16.9 Å². The first-order valence-electron chi connectivity index (χ1n) is 6.91. The minimum atomic E-state index is -3.97. The quantitative estimate of drug-likeness (QED) is 0.657. The Morgan fingerprint density at radius 3 is 2.42 bits per heavy atom. The van der Waals surface area contributed by atoms with Crippen LogP contribution in [0.5, 0.6) is 0 Å². The standard InChI is InChI=1S/C17H11BrN2O3S/c1-11-4-2-3-5-14(11)16-20-15(10-19)17(23-16)24(21,22)13-8-6-12(18)7-9-13/h2-9H,1H3. The number of aryl methyl sites for hydroxylation is 1. The van der Waals surface area contributed by atoms with Gasteiger partial charge in [0.05, 0.1) is 4.90 Å². The molecule has 0 radical (unpaired) electrons. The van der Waals surface area contributed by atoms with Gasteiger partial charge in [0, 0.05) is 10.0 Å². The zero-order valence-corrected chi connectivity index (χ0v) is 14.9. The van der Waals surface area contributed by atoms with Crippen molar-refractivity contribution in [3.05, 3.63) is 64.3 Å². The van der Waals surface area contributed by atoms with E-state index >= 15 is 0 Å². The van der Waals surface area contributed by atoms with Crippen molar-refractivity contribution in [2.75, 3.05) is 0 Å². The Hall–Kier alpha value is -2.43. The van der Waals surface area contributed by atoms with E-state index in [1.54, 1.807) is 30.3 Å². The van der Waals surface area contributed by atoms with E-state index in [1.807, 2.05) is 19.1 Å². The summed E-state index contributed by atoms with van der Waals surface area (Å²) in [7, 11) is -3.97. The number of oxazole rings is 1. The van der Waals surface area contributed by atoms with Crippen molar-refractivity contribution < 1.29 is 12.8 Å². The molecule has 1 heterocycles.